The van der Waals surface area contributed by atoms with Crippen LogP contribution in [0.1, 0.15) is 24.1 Å². The maximum absolute atomic E-state index is 13.1. The number of hydrogen-bond donors (Lipinski definition) is 0. The molecule has 2 aliphatic heterocycles. The molecule has 2 aliphatic rings. The molecule has 7 heteroatoms. The van der Waals surface area contributed by atoms with Crippen LogP contribution >= 0.6 is 0 Å². The second-order valence-electron chi connectivity index (χ2n) is 6.75. The predicted molar refractivity (Wildman–Crippen MR) is 101 cm³/mol. The van der Waals surface area contributed by atoms with Crippen molar-refractivity contribution >= 4 is 15.9 Å². The first-order valence-corrected chi connectivity index (χ1v) is 10.5. The van der Waals surface area contributed by atoms with Crippen molar-refractivity contribution in [1.29, 1.82) is 0 Å². The summed E-state index contributed by atoms with van der Waals surface area (Å²) in [6, 6.07) is 14.1. The molecule has 2 heterocycles. The van der Waals surface area contributed by atoms with Gasteiger partial charge in [-0.05, 0) is 48.7 Å². The van der Waals surface area contributed by atoms with E-state index in [1.54, 1.807) is 12.1 Å². The summed E-state index contributed by atoms with van der Waals surface area (Å²) in [6.07, 6.45) is 0.810. The predicted octanol–water partition coefficient (Wildman–Crippen LogP) is 2.22. The Labute approximate surface area is 159 Å². The van der Waals surface area contributed by atoms with E-state index in [0.29, 0.717) is 18.9 Å². The molecule has 0 aliphatic carbocycles. The Bertz CT molecular complexity index is 956. The lowest BCUT2D eigenvalue weighted by Gasteiger charge is -2.44. The molecule has 2 aromatic rings. The van der Waals surface area contributed by atoms with Crippen LogP contribution in [0.4, 0.5) is 0 Å². The van der Waals surface area contributed by atoms with Crippen molar-refractivity contribution in [3.05, 3.63) is 59.7 Å². The molecular formula is C20H22N2O4S. The molecular weight excluding hydrogens is 364 g/mol. The number of rotatable bonds is 4. The van der Waals surface area contributed by atoms with Crippen molar-refractivity contribution in [2.45, 2.75) is 24.3 Å². The van der Waals surface area contributed by atoms with Gasteiger partial charge in [-0.2, -0.15) is 4.31 Å². The van der Waals surface area contributed by atoms with Crippen LogP contribution in [0.5, 0.6) is 5.75 Å². The summed E-state index contributed by atoms with van der Waals surface area (Å²) in [6.45, 7) is 3.19. The molecule has 0 radical (unpaired) electrons. The molecule has 0 N–H and O–H groups in total. The number of sulfonamides is 1. The fourth-order valence-corrected chi connectivity index (χ4v) is 5.25. The molecule has 0 saturated carbocycles. The molecule has 142 valence electrons. The number of hydrogen-bond acceptors (Lipinski definition) is 4. The summed E-state index contributed by atoms with van der Waals surface area (Å²) in [5.74, 6) is 0.480. The number of fused-ring (bicyclic) bond motifs is 3. The van der Waals surface area contributed by atoms with Crippen LogP contribution in [0.25, 0.3) is 0 Å². The van der Waals surface area contributed by atoms with Crippen LogP contribution in [-0.4, -0.2) is 49.8 Å². The van der Waals surface area contributed by atoms with E-state index in [2.05, 4.69) is 6.07 Å². The zero-order valence-corrected chi connectivity index (χ0v) is 16.0. The normalized spacial score (nSPS) is 20.1. The third kappa shape index (κ3) is 3.21. The van der Waals surface area contributed by atoms with Gasteiger partial charge in [-0.15, -0.1) is 0 Å². The third-order valence-electron chi connectivity index (χ3n) is 5.19. The van der Waals surface area contributed by atoms with E-state index in [1.165, 1.54) is 22.0 Å². The van der Waals surface area contributed by atoms with E-state index in [-0.39, 0.29) is 29.9 Å². The maximum atomic E-state index is 13.1. The maximum Gasteiger partial charge on any atom is 0.243 e. The van der Waals surface area contributed by atoms with E-state index in [0.717, 1.165) is 12.0 Å². The van der Waals surface area contributed by atoms with Crippen LogP contribution in [0.2, 0.25) is 0 Å². The highest BCUT2D eigenvalue weighted by Gasteiger charge is 2.41. The molecule has 27 heavy (non-hydrogen) atoms. The smallest absolute Gasteiger partial charge is 0.243 e. The number of nitrogens with zero attached hydrogens (tertiary/aromatic N) is 2. The Kier molecular flexibility index (Phi) is 4.65. The lowest BCUT2D eigenvalue weighted by atomic mass is 9.91. The molecule has 0 bridgehead atoms. The second-order valence-corrected chi connectivity index (χ2v) is 8.69. The Morgan fingerprint density at radius 2 is 1.85 bits per heavy atom. The highest BCUT2D eigenvalue weighted by atomic mass is 32.2. The molecule has 1 atom stereocenters. The van der Waals surface area contributed by atoms with Gasteiger partial charge in [0.2, 0.25) is 15.9 Å². The van der Waals surface area contributed by atoms with Gasteiger partial charge in [0.15, 0.2) is 0 Å². The third-order valence-corrected chi connectivity index (χ3v) is 7.02. The van der Waals surface area contributed by atoms with Gasteiger partial charge in [0.05, 0.1) is 24.1 Å². The highest BCUT2D eigenvalue weighted by molar-refractivity contribution is 7.89. The van der Waals surface area contributed by atoms with Crippen molar-refractivity contribution in [1.82, 2.24) is 9.21 Å². The van der Waals surface area contributed by atoms with Gasteiger partial charge in [0, 0.05) is 13.1 Å². The molecule has 0 spiro atoms. The fraction of sp³-hybridized carbons (Fsp3) is 0.350. The van der Waals surface area contributed by atoms with Crippen molar-refractivity contribution in [3.63, 3.8) is 0 Å². The van der Waals surface area contributed by atoms with Gasteiger partial charge in [-0.3, -0.25) is 4.79 Å². The van der Waals surface area contributed by atoms with Gasteiger partial charge >= 0.3 is 0 Å². The van der Waals surface area contributed by atoms with E-state index in [9.17, 15) is 13.2 Å². The summed E-state index contributed by atoms with van der Waals surface area (Å²) in [7, 11) is -3.75. The second kappa shape index (κ2) is 6.98. The van der Waals surface area contributed by atoms with Gasteiger partial charge in [0.1, 0.15) is 5.75 Å². The first kappa shape index (κ1) is 18.0. The van der Waals surface area contributed by atoms with Gasteiger partial charge < -0.3 is 9.64 Å². The summed E-state index contributed by atoms with van der Waals surface area (Å²) < 4.78 is 32.9. The first-order valence-electron chi connectivity index (χ1n) is 9.11. The summed E-state index contributed by atoms with van der Waals surface area (Å²) in [4.78, 5) is 14.7. The topological polar surface area (TPSA) is 66.9 Å². The number of piperazine rings is 1. The van der Waals surface area contributed by atoms with E-state index < -0.39 is 10.0 Å². The van der Waals surface area contributed by atoms with Crippen molar-refractivity contribution < 1.29 is 17.9 Å². The van der Waals surface area contributed by atoms with E-state index >= 15 is 0 Å². The molecule has 0 unspecified atom stereocenters. The number of amides is 1. The Balaban J connectivity index is 1.64. The van der Waals surface area contributed by atoms with Gasteiger partial charge in [0.25, 0.3) is 0 Å². The Hall–Kier alpha value is -2.38. The van der Waals surface area contributed by atoms with Crippen molar-refractivity contribution in [3.8, 4) is 5.75 Å². The highest BCUT2D eigenvalue weighted by Crippen LogP contribution is 2.34. The molecule has 4 rings (SSSR count). The van der Waals surface area contributed by atoms with E-state index in [4.69, 9.17) is 4.74 Å². The van der Waals surface area contributed by atoms with Gasteiger partial charge in [-0.25, -0.2) is 8.42 Å². The van der Waals surface area contributed by atoms with Crippen LogP contribution in [0.15, 0.2) is 53.4 Å². The average molecular weight is 386 g/mol. The molecule has 1 fully saturated rings. The number of benzene rings is 2. The number of carbonyl (C=O) groups excluding carboxylic acids is 1. The number of ether oxygens (including phenoxy) is 1. The molecule has 1 saturated heterocycles. The number of carbonyl (C=O) groups is 1. The SMILES string of the molecule is CCOc1ccc(S(=O)(=O)N2CC(=O)N3CCc4ccccc4[C@@H]3C2)cc1. The Morgan fingerprint density at radius 3 is 2.59 bits per heavy atom. The molecule has 1 amide bonds. The molecule has 0 aromatic heterocycles. The Morgan fingerprint density at radius 1 is 1.11 bits per heavy atom. The average Bonchev–Trinajstić information content (AvgIpc) is 2.68. The largest absolute Gasteiger partial charge is 0.494 e. The standard InChI is InChI=1S/C20H22N2O4S/c1-2-26-16-7-9-17(10-8-16)27(24,25)21-13-19-18-6-4-3-5-15(18)11-12-22(19)20(23)14-21/h3-10,19H,2,11-14H2,1H3/t19-/m0/s1. The first-order chi connectivity index (χ1) is 13.0. The van der Waals surface area contributed by atoms with Crippen molar-refractivity contribution in [2.75, 3.05) is 26.2 Å². The van der Waals surface area contributed by atoms with Crippen LogP contribution in [-0.2, 0) is 21.2 Å². The molecule has 6 nitrogen and oxygen atoms in total. The summed E-state index contributed by atoms with van der Waals surface area (Å²) >= 11 is 0. The van der Waals surface area contributed by atoms with Crippen LogP contribution < -0.4 is 4.74 Å². The zero-order chi connectivity index (χ0) is 19.0. The van der Waals surface area contributed by atoms with E-state index in [1.807, 2.05) is 30.0 Å². The lowest BCUT2D eigenvalue weighted by molar-refractivity contribution is -0.138. The minimum Gasteiger partial charge on any atom is -0.494 e. The summed E-state index contributed by atoms with van der Waals surface area (Å²) in [5.41, 5.74) is 2.23. The fourth-order valence-electron chi connectivity index (χ4n) is 3.85. The minimum atomic E-state index is -3.75. The quantitative estimate of drug-likeness (QED) is 0.808. The monoisotopic (exact) mass is 386 g/mol. The lowest BCUT2D eigenvalue weighted by Crippen LogP contribution is -2.55. The molecule has 2 aromatic carbocycles. The zero-order valence-electron chi connectivity index (χ0n) is 15.2. The van der Waals surface area contributed by atoms with Gasteiger partial charge in [-0.1, -0.05) is 24.3 Å². The minimum absolute atomic E-state index is 0.117. The van der Waals surface area contributed by atoms with Crippen molar-refractivity contribution in [2.24, 2.45) is 0 Å². The summed E-state index contributed by atoms with van der Waals surface area (Å²) in [5, 5.41) is 0. The van der Waals surface area contributed by atoms with Crippen LogP contribution in [0.3, 0.4) is 0 Å². The van der Waals surface area contributed by atoms with Crippen LogP contribution in [0, 0.1) is 0 Å².